The second-order valence-electron chi connectivity index (χ2n) is 4.29. The van der Waals surface area contributed by atoms with Crippen LogP contribution in [-0.4, -0.2) is 11.8 Å². The van der Waals surface area contributed by atoms with Gasteiger partial charge in [0.05, 0.1) is 0 Å². The molecule has 1 N–H and O–H groups in total. The molecule has 1 saturated heterocycles. The van der Waals surface area contributed by atoms with Gasteiger partial charge < -0.3 is 0 Å². The number of amides is 2. The van der Waals surface area contributed by atoms with Crippen LogP contribution >= 0.6 is 15.9 Å². The number of imide groups is 1. The summed E-state index contributed by atoms with van der Waals surface area (Å²) in [5, 5.41) is 2.41. The summed E-state index contributed by atoms with van der Waals surface area (Å²) in [6, 6.07) is 7.83. The maximum Gasteiger partial charge on any atom is 0.230 e. The predicted octanol–water partition coefficient (Wildman–Crippen LogP) is 2.61. The van der Waals surface area contributed by atoms with Crippen molar-refractivity contribution in [2.45, 2.75) is 25.7 Å². The minimum atomic E-state index is -0.176. The number of halogens is 1. The molecule has 1 aromatic rings. The lowest BCUT2D eigenvalue weighted by atomic mass is 9.79. The molecule has 4 heteroatoms. The highest BCUT2D eigenvalue weighted by Gasteiger charge is 2.35. The van der Waals surface area contributed by atoms with Crippen molar-refractivity contribution in [1.82, 2.24) is 5.32 Å². The molecule has 0 aromatic heterocycles. The summed E-state index contributed by atoms with van der Waals surface area (Å²) in [6.07, 6.45) is 1.14. The summed E-state index contributed by atoms with van der Waals surface area (Å²) in [5.74, 6) is -0.431. The molecule has 0 radical (unpaired) electrons. The first-order valence-electron chi connectivity index (χ1n) is 5.71. The molecule has 0 spiro atoms. The summed E-state index contributed by atoms with van der Waals surface area (Å²) >= 11 is 3.42. The second-order valence-corrected chi connectivity index (χ2v) is 5.21. The van der Waals surface area contributed by atoms with E-state index in [1.54, 1.807) is 0 Å². The van der Waals surface area contributed by atoms with Crippen molar-refractivity contribution in [3.8, 4) is 0 Å². The fourth-order valence-electron chi connectivity index (χ4n) is 2.36. The van der Waals surface area contributed by atoms with Crippen LogP contribution in [0.3, 0.4) is 0 Å². The molecule has 1 fully saturated rings. The minimum Gasteiger partial charge on any atom is -0.296 e. The van der Waals surface area contributed by atoms with Crippen LogP contribution in [0.25, 0.3) is 0 Å². The van der Waals surface area contributed by atoms with Gasteiger partial charge in [-0.25, -0.2) is 0 Å². The van der Waals surface area contributed by atoms with Gasteiger partial charge in [-0.15, -0.1) is 0 Å². The van der Waals surface area contributed by atoms with E-state index in [0.717, 1.165) is 16.5 Å². The molecule has 0 aliphatic carbocycles. The van der Waals surface area contributed by atoms with Gasteiger partial charge in [-0.1, -0.05) is 35.0 Å². The van der Waals surface area contributed by atoms with Crippen LogP contribution in [0.1, 0.15) is 31.2 Å². The highest BCUT2D eigenvalue weighted by molar-refractivity contribution is 9.10. The van der Waals surface area contributed by atoms with Crippen LogP contribution in [0.15, 0.2) is 28.7 Å². The van der Waals surface area contributed by atoms with Gasteiger partial charge in [-0.05, 0) is 24.1 Å². The zero-order valence-corrected chi connectivity index (χ0v) is 11.2. The number of piperidine rings is 1. The number of carbonyl (C=O) groups is 2. The molecular weight excluding hydrogens is 282 g/mol. The monoisotopic (exact) mass is 295 g/mol. The van der Waals surface area contributed by atoms with Crippen molar-refractivity contribution >= 4 is 27.7 Å². The first kappa shape index (κ1) is 12.3. The summed E-state index contributed by atoms with van der Waals surface area (Å²) in [7, 11) is 0. The van der Waals surface area contributed by atoms with Crippen LogP contribution in [-0.2, 0) is 9.59 Å². The van der Waals surface area contributed by atoms with E-state index in [2.05, 4.69) is 21.2 Å². The maximum atomic E-state index is 11.8. The van der Waals surface area contributed by atoms with E-state index in [1.165, 1.54) is 0 Å². The van der Waals surface area contributed by atoms with Crippen molar-refractivity contribution in [2.24, 2.45) is 5.92 Å². The fraction of sp³-hybridized carbons (Fsp3) is 0.385. The van der Waals surface area contributed by atoms with Crippen molar-refractivity contribution in [3.05, 3.63) is 34.3 Å². The van der Waals surface area contributed by atoms with E-state index in [0.29, 0.717) is 6.42 Å². The molecule has 2 unspecified atom stereocenters. The second kappa shape index (κ2) is 5.00. The Hall–Kier alpha value is -1.16. The van der Waals surface area contributed by atoms with Gasteiger partial charge in [0, 0.05) is 22.7 Å². The van der Waals surface area contributed by atoms with Crippen molar-refractivity contribution in [3.63, 3.8) is 0 Å². The Morgan fingerprint density at radius 2 is 2.18 bits per heavy atom. The van der Waals surface area contributed by atoms with E-state index < -0.39 is 0 Å². The highest BCUT2D eigenvalue weighted by Crippen LogP contribution is 2.34. The van der Waals surface area contributed by atoms with Crippen LogP contribution < -0.4 is 5.32 Å². The van der Waals surface area contributed by atoms with E-state index in [-0.39, 0.29) is 23.7 Å². The minimum absolute atomic E-state index is 0.00116. The molecule has 1 aromatic carbocycles. The van der Waals surface area contributed by atoms with Gasteiger partial charge in [0.2, 0.25) is 11.8 Å². The van der Waals surface area contributed by atoms with Crippen molar-refractivity contribution in [1.29, 1.82) is 0 Å². The standard InChI is InChI=1S/C13H14BrNO2/c1-2-10-11(7-12(16)15-13(10)17)8-4-3-5-9(14)6-8/h3-6,10-11H,2,7H2,1H3,(H,15,16,17). The van der Waals surface area contributed by atoms with E-state index in [4.69, 9.17) is 0 Å². The third kappa shape index (κ3) is 2.57. The molecule has 1 aliphatic heterocycles. The Bertz CT molecular complexity index is 458. The van der Waals surface area contributed by atoms with Crippen molar-refractivity contribution in [2.75, 3.05) is 0 Å². The third-order valence-corrected chi connectivity index (χ3v) is 3.70. The normalized spacial score (nSPS) is 24.6. The summed E-state index contributed by atoms with van der Waals surface area (Å²) in [6.45, 7) is 1.98. The molecule has 1 aliphatic rings. The molecule has 1 heterocycles. The van der Waals surface area contributed by atoms with Crippen molar-refractivity contribution < 1.29 is 9.59 Å². The van der Waals surface area contributed by atoms with E-state index >= 15 is 0 Å². The SMILES string of the molecule is CCC1C(=O)NC(=O)CC1c1cccc(Br)c1. The highest BCUT2D eigenvalue weighted by atomic mass is 79.9. The Morgan fingerprint density at radius 3 is 2.82 bits per heavy atom. The van der Waals surface area contributed by atoms with Gasteiger partial charge in [0.15, 0.2) is 0 Å². The van der Waals surface area contributed by atoms with Gasteiger partial charge in [0.1, 0.15) is 0 Å². The average molecular weight is 296 g/mol. The first-order valence-corrected chi connectivity index (χ1v) is 6.50. The lowest BCUT2D eigenvalue weighted by molar-refractivity contribution is -0.137. The lowest BCUT2D eigenvalue weighted by Crippen LogP contribution is -2.44. The molecule has 17 heavy (non-hydrogen) atoms. The maximum absolute atomic E-state index is 11.8. The topological polar surface area (TPSA) is 46.2 Å². The summed E-state index contributed by atoms with van der Waals surface area (Å²) < 4.78 is 0.975. The quantitative estimate of drug-likeness (QED) is 0.853. The fourth-order valence-corrected chi connectivity index (χ4v) is 2.78. The van der Waals surface area contributed by atoms with Crippen LogP contribution in [0, 0.1) is 5.92 Å². The molecule has 90 valence electrons. The molecule has 2 atom stereocenters. The Balaban J connectivity index is 2.34. The number of nitrogens with one attached hydrogen (secondary N) is 1. The van der Waals surface area contributed by atoms with Gasteiger partial charge in [-0.3, -0.25) is 14.9 Å². The Morgan fingerprint density at radius 1 is 1.41 bits per heavy atom. The van der Waals surface area contributed by atoms with Gasteiger partial charge in [-0.2, -0.15) is 0 Å². The number of rotatable bonds is 2. The lowest BCUT2D eigenvalue weighted by Gasteiger charge is -2.29. The molecule has 2 rings (SSSR count). The molecular formula is C13H14BrNO2. The van der Waals surface area contributed by atoms with Crippen LogP contribution in [0.5, 0.6) is 0 Å². The average Bonchev–Trinajstić information content (AvgIpc) is 2.28. The first-order chi connectivity index (χ1) is 8.11. The smallest absolute Gasteiger partial charge is 0.230 e. The zero-order valence-electron chi connectivity index (χ0n) is 9.57. The molecule has 3 nitrogen and oxygen atoms in total. The van der Waals surface area contributed by atoms with E-state index in [9.17, 15) is 9.59 Å². The summed E-state index contributed by atoms with van der Waals surface area (Å²) in [5.41, 5.74) is 1.05. The number of carbonyl (C=O) groups excluding carboxylic acids is 2. The molecule has 2 amide bonds. The van der Waals surface area contributed by atoms with Gasteiger partial charge >= 0.3 is 0 Å². The van der Waals surface area contributed by atoms with Gasteiger partial charge in [0.25, 0.3) is 0 Å². The van der Waals surface area contributed by atoms with Crippen LogP contribution in [0.2, 0.25) is 0 Å². The summed E-state index contributed by atoms with van der Waals surface area (Å²) in [4.78, 5) is 23.2. The van der Waals surface area contributed by atoms with E-state index in [1.807, 2.05) is 31.2 Å². The molecule has 0 saturated carbocycles. The Labute approximate surface area is 109 Å². The zero-order chi connectivity index (χ0) is 12.4. The number of benzene rings is 1. The third-order valence-electron chi connectivity index (χ3n) is 3.21. The number of hydrogen-bond acceptors (Lipinski definition) is 2. The molecule has 0 bridgehead atoms. The predicted molar refractivity (Wildman–Crippen MR) is 68.4 cm³/mol. The Kier molecular flexibility index (Phi) is 3.62. The van der Waals surface area contributed by atoms with Crippen LogP contribution in [0.4, 0.5) is 0 Å². The number of hydrogen-bond donors (Lipinski definition) is 1. The largest absolute Gasteiger partial charge is 0.296 e.